The number of pyridine rings is 2. The zero-order valence-electron chi connectivity index (χ0n) is 31.3. The standard InChI is InChI=1S/C42H52N6O2S3/c1-3-5-7-9-11-13-21-43-23-15-17-27-25-31-39(51-27)45-37-35-33-29(41(49)47(31)37)19-20-30-34(33)36(53-35)38-46-40-32(48(38)42(30)50)26-28(52-40)18-16-24-44-22-14-12-10-8-6-4-2/h19-20,25-26,43-44H,3-18,21-24H2,1-2H3. The molecule has 0 atom stereocenters. The minimum absolute atomic E-state index is 0.0655. The molecule has 0 fully saturated rings. The number of rotatable bonds is 22. The Kier molecular flexibility index (Phi) is 11.5. The molecule has 2 N–H and O–H groups in total. The van der Waals surface area contributed by atoms with Crippen LogP contribution in [-0.2, 0) is 12.8 Å². The van der Waals surface area contributed by atoms with Gasteiger partial charge in [-0.1, -0.05) is 78.1 Å². The molecule has 0 saturated heterocycles. The van der Waals surface area contributed by atoms with Crippen LogP contribution in [-0.4, -0.2) is 44.9 Å². The molecule has 8 rings (SSSR count). The number of thiophene rings is 3. The van der Waals surface area contributed by atoms with E-state index in [-0.39, 0.29) is 11.1 Å². The Balaban J connectivity index is 1.00. The van der Waals surface area contributed by atoms with Gasteiger partial charge in [0.25, 0.3) is 11.1 Å². The van der Waals surface area contributed by atoms with Crippen LogP contribution >= 0.6 is 34.0 Å². The SMILES string of the molecule is CCCCCCCCNCCCc1cc2c(nc3c4sc5c6c(ccc(c(=O)n23)c46)c(=O)n2c3cc(CCCNCCCCCCCC)sc3nc52)s1. The van der Waals surface area contributed by atoms with Crippen LogP contribution < -0.4 is 21.8 Å². The van der Waals surface area contributed by atoms with Crippen LogP contribution in [0.2, 0.25) is 0 Å². The monoisotopic (exact) mass is 768 g/mol. The van der Waals surface area contributed by atoms with Gasteiger partial charge in [0.15, 0.2) is 11.3 Å². The van der Waals surface area contributed by atoms with Gasteiger partial charge in [-0.2, -0.15) is 0 Å². The first-order valence-electron chi connectivity index (χ1n) is 20.2. The molecule has 280 valence electrons. The van der Waals surface area contributed by atoms with Crippen LogP contribution in [0.15, 0.2) is 33.9 Å². The summed E-state index contributed by atoms with van der Waals surface area (Å²) in [7, 11) is 0. The van der Waals surface area contributed by atoms with E-state index in [1.165, 1.54) is 86.8 Å². The Morgan fingerprint density at radius 1 is 0.547 bits per heavy atom. The van der Waals surface area contributed by atoms with E-state index in [4.69, 9.17) is 9.97 Å². The van der Waals surface area contributed by atoms with Gasteiger partial charge in [0.2, 0.25) is 0 Å². The van der Waals surface area contributed by atoms with Crippen molar-refractivity contribution < 1.29 is 0 Å². The second kappa shape index (κ2) is 16.7. The van der Waals surface area contributed by atoms with Crippen molar-refractivity contribution in [2.24, 2.45) is 0 Å². The molecule has 0 saturated carbocycles. The summed E-state index contributed by atoms with van der Waals surface area (Å²) in [6.45, 7) is 8.71. The van der Waals surface area contributed by atoms with Gasteiger partial charge >= 0.3 is 0 Å². The predicted octanol–water partition coefficient (Wildman–Crippen LogP) is 10.3. The molecule has 8 nitrogen and oxygen atoms in total. The first-order chi connectivity index (χ1) is 26.1. The molecule has 7 aromatic heterocycles. The second-order valence-corrected chi connectivity index (χ2v) is 18.1. The van der Waals surface area contributed by atoms with Crippen molar-refractivity contribution in [1.82, 2.24) is 29.4 Å². The highest BCUT2D eigenvalue weighted by molar-refractivity contribution is 7.27. The molecule has 0 aliphatic rings. The van der Waals surface area contributed by atoms with Crippen molar-refractivity contribution in [3.05, 3.63) is 54.7 Å². The summed E-state index contributed by atoms with van der Waals surface area (Å²) in [5, 5.41) is 10.2. The molecule has 11 heteroatoms. The number of hydrogen-bond donors (Lipinski definition) is 2. The maximum absolute atomic E-state index is 14.1. The lowest BCUT2D eigenvalue weighted by atomic mass is 10.0. The van der Waals surface area contributed by atoms with E-state index in [1.54, 1.807) is 34.0 Å². The van der Waals surface area contributed by atoms with Crippen LogP contribution in [0.25, 0.3) is 62.9 Å². The van der Waals surface area contributed by atoms with E-state index < -0.39 is 0 Å². The molecule has 0 amide bonds. The van der Waals surface area contributed by atoms with Gasteiger partial charge in [-0.25, -0.2) is 9.97 Å². The van der Waals surface area contributed by atoms with Gasteiger partial charge in [-0.15, -0.1) is 34.0 Å². The number of imidazole rings is 2. The maximum Gasteiger partial charge on any atom is 0.264 e. The van der Waals surface area contributed by atoms with E-state index in [0.29, 0.717) is 22.1 Å². The van der Waals surface area contributed by atoms with Crippen LogP contribution in [0.1, 0.15) is 113 Å². The highest BCUT2D eigenvalue weighted by Crippen LogP contribution is 2.44. The third-order valence-electron chi connectivity index (χ3n) is 10.9. The number of unbranched alkanes of at least 4 members (excludes halogenated alkanes) is 10. The number of nitrogens with one attached hydrogen (secondary N) is 2. The number of fused-ring (bicyclic) bond motifs is 8. The van der Waals surface area contributed by atoms with Crippen LogP contribution in [0, 0.1) is 0 Å². The van der Waals surface area contributed by atoms with Gasteiger partial charge in [0.05, 0.1) is 20.4 Å². The Labute approximate surface area is 322 Å². The van der Waals surface area contributed by atoms with E-state index >= 15 is 0 Å². The van der Waals surface area contributed by atoms with Crippen molar-refractivity contribution in [1.29, 1.82) is 0 Å². The number of aromatic nitrogens is 4. The van der Waals surface area contributed by atoms with Gasteiger partial charge in [0, 0.05) is 31.3 Å². The van der Waals surface area contributed by atoms with Gasteiger partial charge < -0.3 is 10.6 Å². The number of hydrogen-bond acceptors (Lipinski definition) is 9. The third-order valence-corrected chi connectivity index (χ3v) is 14.3. The lowest BCUT2D eigenvalue weighted by Gasteiger charge is -2.05. The molecule has 1 aromatic carbocycles. The first-order valence-corrected chi connectivity index (χ1v) is 22.7. The smallest absolute Gasteiger partial charge is 0.264 e. The average Bonchev–Trinajstić information content (AvgIpc) is 3.97. The molecule has 0 spiro atoms. The minimum Gasteiger partial charge on any atom is -0.317 e. The summed E-state index contributed by atoms with van der Waals surface area (Å²) in [5.74, 6) is 0. The van der Waals surface area contributed by atoms with Crippen LogP contribution in [0.5, 0.6) is 0 Å². The molecule has 0 unspecified atom stereocenters. The summed E-state index contributed by atoms with van der Waals surface area (Å²) >= 11 is 5.01. The van der Waals surface area contributed by atoms with Gasteiger partial charge in [0.1, 0.15) is 9.66 Å². The first kappa shape index (κ1) is 36.7. The normalized spacial score (nSPS) is 12.6. The number of benzene rings is 1. The molecule has 8 aromatic rings. The second-order valence-electron chi connectivity index (χ2n) is 14.9. The third kappa shape index (κ3) is 7.20. The lowest BCUT2D eigenvalue weighted by molar-refractivity contribution is 0.565. The Morgan fingerprint density at radius 3 is 1.42 bits per heavy atom. The van der Waals surface area contributed by atoms with Crippen molar-refractivity contribution in [3.8, 4) is 0 Å². The fourth-order valence-corrected chi connectivity index (χ4v) is 11.5. The van der Waals surface area contributed by atoms with E-state index in [1.807, 2.05) is 20.9 Å². The highest BCUT2D eigenvalue weighted by Gasteiger charge is 2.26. The molecule has 53 heavy (non-hydrogen) atoms. The van der Waals surface area contributed by atoms with Crippen molar-refractivity contribution in [2.45, 2.75) is 117 Å². The fourth-order valence-electron chi connectivity index (χ4n) is 8.08. The molecule has 7 heterocycles. The molecular weight excluding hydrogens is 717 g/mol. The molecule has 0 aliphatic heterocycles. The summed E-state index contributed by atoms with van der Waals surface area (Å²) in [6, 6.07) is 8.04. The fraction of sp³-hybridized carbons (Fsp3) is 0.524. The van der Waals surface area contributed by atoms with Crippen molar-refractivity contribution >= 4 is 96.9 Å². The van der Waals surface area contributed by atoms with Crippen molar-refractivity contribution in [2.75, 3.05) is 26.2 Å². The quantitative estimate of drug-likeness (QED) is 0.0527. The van der Waals surface area contributed by atoms with Crippen LogP contribution in [0.4, 0.5) is 0 Å². The van der Waals surface area contributed by atoms with Gasteiger partial charge in [-0.3, -0.25) is 18.4 Å². The zero-order valence-corrected chi connectivity index (χ0v) is 33.7. The molecule has 0 aliphatic carbocycles. The van der Waals surface area contributed by atoms with Crippen molar-refractivity contribution in [3.63, 3.8) is 0 Å². The largest absolute Gasteiger partial charge is 0.317 e. The van der Waals surface area contributed by atoms with Gasteiger partial charge in [-0.05, 0) is 89.0 Å². The predicted molar refractivity (Wildman–Crippen MR) is 229 cm³/mol. The minimum atomic E-state index is -0.0655. The lowest BCUT2D eigenvalue weighted by Crippen LogP contribution is -2.17. The zero-order chi connectivity index (χ0) is 36.3. The molecule has 0 bridgehead atoms. The summed E-state index contributed by atoms with van der Waals surface area (Å²) in [5.41, 5.74) is 3.03. The Morgan fingerprint density at radius 2 is 0.962 bits per heavy atom. The highest BCUT2D eigenvalue weighted by atomic mass is 32.1. The van der Waals surface area contributed by atoms with E-state index in [2.05, 4.69) is 36.6 Å². The summed E-state index contributed by atoms with van der Waals surface area (Å²) in [6.07, 6.45) is 19.9. The maximum atomic E-state index is 14.1. The Bertz CT molecular complexity index is 2400. The van der Waals surface area contributed by atoms with E-state index in [9.17, 15) is 9.59 Å². The average molecular weight is 769 g/mol. The molecule has 0 radical (unpaired) electrons. The molecular formula is C42H52N6O2S3. The number of aryl methyl sites for hydroxylation is 2. The van der Waals surface area contributed by atoms with E-state index in [0.717, 1.165) is 92.7 Å². The summed E-state index contributed by atoms with van der Waals surface area (Å²) in [4.78, 5) is 42.7. The number of nitrogens with zero attached hydrogens (tertiary/aromatic N) is 4. The van der Waals surface area contributed by atoms with Crippen LogP contribution in [0.3, 0.4) is 0 Å². The Hall–Kier alpha value is -3.22. The summed E-state index contributed by atoms with van der Waals surface area (Å²) < 4.78 is 5.53. The topological polar surface area (TPSA) is 92.8 Å².